The van der Waals surface area contributed by atoms with Crippen LogP contribution in [0.25, 0.3) is 10.2 Å². The van der Waals surface area contributed by atoms with E-state index in [0.717, 1.165) is 20.8 Å². The van der Waals surface area contributed by atoms with Crippen molar-refractivity contribution in [1.82, 2.24) is 14.5 Å². The van der Waals surface area contributed by atoms with Gasteiger partial charge in [0, 0.05) is 30.5 Å². The molecule has 1 N–H and O–H groups in total. The molecule has 0 aliphatic rings. The van der Waals surface area contributed by atoms with Gasteiger partial charge < -0.3 is 9.55 Å². The first kappa shape index (κ1) is 20.0. The number of thiophene rings is 1. The molecule has 0 saturated heterocycles. The number of nitrogens with one attached hydrogen (secondary N) is 1. The highest BCUT2D eigenvalue weighted by molar-refractivity contribution is 7.18. The van der Waals surface area contributed by atoms with E-state index in [1.807, 2.05) is 73.1 Å². The number of nitrogens with zero attached hydrogens (tertiary/aromatic N) is 3. The Hall–Kier alpha value is -3.32. The van der Waals surface area contributed by atoms with Crippen molar-refractivity contribution in [3.8, 4) is 0 Å². The Morgan fingerprint density at radius 2 is 1.90 bits per heavy atom. The number of benzene rings is 1. The topological polar surface area (TPSA) is 80.1 Å². The summed E-state index contributed by atoms with van der Waals surface area (Å²) in [5.41, 5.74) is 2.56. The van der Waals surface area contributed by atoms with Crippen LogP contribution in [-0.2, 0) is 17.8 Å². The number of aromatic amines is 1. The minimum absolute atomic E-state index is 0.148. The van der Waals surface area contributed by atoms with E-state index in [0.29, 0.717) is 29.7 Å². The molecule has 0 aliphatic heterocycles. The number of carbonyl (C=O) groups excluding carboxylic acids is 1. The molecule has 0 atom stereocenters. The van der Waals surface area contributed by atoms with Crippen LogP contribution < -0.4 is 11.0 Å². The number of aryl methyl sites for hydroxylation is 3. The highest BCUT2D eigenvalue weighted by atomic mass is 32.1. The van der Waals surface area contributed by atoms with Gasteiger partial charge in [-0.15, -0.1) is 11.3 Å². The Kier molecular flexibility index (Phi) is 5.72. The van der Waals surface area contributed by atoms with Gasteiger partial charge in [-0.2, -0.15) is 4.99 Å². The van der Waals surface area contributed by atoms with Crippen molar-refractivity contribution in [3.63, 3.8) is 0 Å². The van der Waals surface area contributed by atoms with Crippen molar-refractivity contribution in [2.75, 3.05) is 0 Å². The number of fused-ring (bicyclic) bond motifs is 1. The molecule has 0 aliphatic carbocycles. The summed E-state index contributed by atoms with van der Waals surface area (Å²) in [6.07, 6.45) is 2.43. The molecule has 0 unspecified atom stereocenters. The number of H-pyrrole nitrogens is 1. The summed E-state index contributed by atoms with van der Waals surface area (Å²) >= 11 is 1.50. The summed E-state index contributed by atoms with van der Waals surface area (Å²) in [5, 5.41) is 0.642. The third-order valence-electron chi connectivity index (χ3n) is 5.02. The third-order valence-corrected chi connectivity index (χ3v) is 6.12. The SMILES string of the molecule is Cc1sc2nc(CCC(=O)N=c3ccccn3Cc3ccccc3)[nH]c(=O)c2c1C. The van der Waals surface area contributed by atoms with E-state index in [4.69, 9.17) is 0 Å². The Morgan fingerprint density at radius 3 is 2.70 bits per heavy atom. The molecule has 152 valence electrons. The van der Waals surface area contributed by atoms with Crippen molar-refractivity contribution < 1.29 is 4.79 Å². The molecule has 0 saturated carbocycles. The van der Waals surface area contributed by atoms with E-state index >= 15 is 0 Å². The van der Waals surface area contributed by atoms with Crippen molar-refractivity contribution >= 4 is 27.5 Å². The number of carbonyl (C=O) groups is 1. The summed E-state index contributed by atoms with van der Waals surface area (Å²) in [6, 6.07) is 15.6. The van der Waals surface area contributed by atoms with Crippen molar-refractivity contribution in [2.24, 2.45) is 4.99 Å². The number of hydrogen-bond donors (Lipinski definition) is 1. The fourth-order valence-corrected chi connectivity index (χ4v) is 4.36. The average Bonchev–Trinajstić information content (AvgIpc) is 3.03. The zero-order valence-electron chi connectivity index (χ0n) is 16.9. The lowest BCUT2D eigenvalue weighted by molar-refractivity contribution is -0.118. The normalized spacial score (nSPS) is 11.9. The van der Waals surface area contributed by atoms with Crippen LogP contribution in [0.15, 0.2) is 64.5 Å². The van der Waals surface area contributed by atoms with Crippen LogP contribution in [0.5, 0.6) is 0 Å². The van der Waals surface area contributed by atoms with Crippen LogP contribution in [-0.4, -0.2) is 20.4 Å². The van der Waals surface area contributed by atoms with Gasteiger partial charge in [0.1, 0.15) is 16.1 Å². The molecule has 0 bridgehead atoms. The van der Waals surface area contributed by atoms with Gasteiger partial charge in [-0.3, -0.25) is 9.59 Å². The molecular weight excluding hydrogens is 396 g/mol. The molecule has 6 nitrogen and oxygen atoms in total. The fraction of sp³-hybridized carbons (Fsp3) is 0.217. The van der Waals surface area contributed by atoms with E-state index in [1.165, 1.54) is 11.3 Å². The molecule has 7 heteroatoms. The Balaban J connectivity index is 1.52. The third kappa shape index (κ3) is 4.31. The second-order valence-electron chi connectivity index (χ2n) is 7.15. The standard InChI is InChI=1S/C23H22N4O2S/c1-15-16(2)30-23-21(15)22(29)24-18(25-23)11-12-20(28)26-19-10-6-7-13-27(19)14-17-8-4-3-5-9-17/h3-10,13H,11-12,14H2,1-2H3,(H,24,25,29). The number of amides is 1. The maximum Gasteiger partial charge on any atom is 0.259 e. The molecule has 0 radical (unpaired) electrons. The summed E-state index contributed by atoms with van der Waals surface area (Å²) in [4.78, 5) is 38.3. The molecule has 3 heterocycles. The number of pyridine rings is 1. The Bertz CT molecular complexity index is 1330. The van der Waals surface area contributed by atoms with Gasteiger partial charge in [-0.05, 0) is 37.1 Å². The first-order chi connectivity index (χ1) is 14.5. The predicted molar refractivity (Wildman–Crippen MR) is 119 cm³/mol. The summed E-state index contributed by atoms with van der Waals surface area (Å²) < 4.78 is 1.94. The quantitative estimate of drug-likeness (QED) is 0.539. The molecular formula is C23H22N4O2S. The molecule has 4 rings (SSSR count). The fourth-order valence-electron chi connectivity index (χ4n) is 3.31. The maximum atomic E-state index is 12.5. The second-order valence-corrected chi connectivity index (χ2v) is 8.36. The average molecular weight is 419 g/mol. The van der Waals surface area contributed by atoms with Gasteiger partial charge in [0.15, 0.2) is 0 Å². The van der Waals surface area contributed by atoms with E-state index in [1.54, 1.807) is 0 Å². The second kappa shape index (κ2) is 8.59. The zero-order valence-corrected chi connectivity index (χ0v) is 17.7. The smallest absolute Gasteiger partial charge is 0.259 e. The Labute approximate surface area is 177 Å². The molecule has 1 aromatic carbocycles. The molecule has 0 fully saturated rings. The first-order valence-corrected chi connectivity index (χ1v) is 10.6. The van der Waals surface area contributed by atoms with Gasteiger partial charge in [0.05, 0.1) is 5.39 Å². The van der Waals surface area contributed by atoms with Crippen LogP contribution >= 0.6 is 11.3 Å². The summed E-state index contributed by atoms with van der Waals surface area (Å²) in [5.74, 6) is 0.270. The Morgan fingerprint density at radius 1 is 1.13 bits per heavy atom. The predicted octanol–water partition coefficient (Wildman–Crippen LogP) is 3.51. The van der Waals surface area contributed by atoms with Gasteiger partial charge >= 0.3 is 0 Å². The largest absolute Gasteiger partial charge is 0.329 e. The van der Waals surface area contributed by atoms with E-state index in [9.17, 15) is 9.59 Å². The summed E-state index contributed by atoms with van der Waals surface area (Å²) in [6.45, 7) is 4.54. The zero-order chi connectivity index (χ0) is 21.1. The minimum Gasteiger partial charge on any atom is -0.329 e. The van der Waals surface area contributed by atoms with Crippen molar-refractivity contribution in [1.29, 1.82) is 0 Å². The van der Waals surface area contributed by atoms with Crippen molar-refractivity contribution in [3.05, 3.63) is 92.4 Å². The molecule has 4 aromatic rings. The van der Waals surface area contributed by atoms with E-state index in [2.05, 4.69) is 15.0 Å². The van der Waals surface area contributed by atoms with Gasteiger partial charge in [0.2, 0.25) is 5.91 Å². The highest BCUT2D eigenvalue weighted by Gasteiger charge is 2.12. The molecule has 1 amide bonds. The molecule has 3 aromatic heterocycles. The van der Waals surface area contributed by atoms with Crippen LogP contribution in [0, 0.1) is 13.8 Å². The first-order valence-electron chi connectivity index (χ1n) is 9.77. The lowest BCUT2D eigenvalue weighted by Crippen LogP contribution is -2.22. The lowest BCUT2D eigenvalue weighted by Gasteiger charge is -2.07. The van der Waals surface area contributed by atoms with Crippen LogP contribution in [0.2, 0.25) is 0 Å². The van der Waals surface area contributed by atoms with Gasteiger partial charge in [-0.25, -0.2) is 4.98 Å². The monoisotopic (exact) mass is 418 g/mol. The van der Waals surface area contributed by atoms with Gasteiger partial charge in [-0.1, -0.05) is 36.4 Å². The lowest BCUT2D eigenvalue weighted by atomic mass is 10.2. The number of aromatic nitrogens is 3. The highest BCUT2D eigenvalue weighted by Crippen LogP contribution is 2.25. The van der Waals surface area contributed by atoms with Crippen LogP contribution in [0.3, 0.4) is 0 Å². The van der Waals surface area contributed by atoms with E-state index < -0.39 is 0 Å². The minimum atomic E-state index is -0.246. The number of rotatable bonds is 5. The van der Waals surface area contributed by atoms with Crippen molar-refractivity contribution in [2.45, 2.75) is 33.2 Å². The van der Waals surface area contributed by atoms with Crippen LogP contribution in [0.4, 0.5) is 0 Å². The van der Waals surface area contributed by atoms with E-state index in [-0.39, 0.29) is 17.9 Å². The number of hydrogen-bond acceptors (Lipinski definition) is 4. The molecule has 30 heavy (non-hydrogen) atoms. The maximum absolute atomic E-state index is 12.5. The molecule has 0 spiro atoms. The van der Waals surface area contributed by atoms with Gasteiger partial charge in [0.25, 0.3) is 5.56 Å². The summed E-state index contributed by atoms with van der Waals surface area (Å²) in [7, 11) is 0. The van der Waals surface area contributed by atoms with Crippen LogP contribution in [0.1, 0.15) is 28.2 Å².